The quantitative estimate of drug-likeness (QED) is 0.372. The fourth-order valence-electron chi connectivity index (χ4n) is 2.87. The van der Waals surface area contributed by atoms with Crippen LogP contribution >= 0.6 is 11.6 Å². The summed E-state index contributed by atoms with van der Waals surface area (Å²) in [5.41, 5.74) is 0.762. The summed E-state index contributed by atoms with van der Waals surface area (Å²) < 4.78 is 30.9. The molecule has 0 heterocycles. The van der Waals surface area contributed by atoms with Crippen molar-refractivity contribution in [1.82, 2.24) is 4.72 Å². The van der Waals surface area contributed by atoms with E-state index in [2.05, 4.69) is 10.0 Å². The highest BCUT2D eigenvalue weighted by Crippen LogP contribution is 2.24. The molecular formula is C23H19ClN2O6S. The first-order valence-corrected chi connectivity index (χ1v) is 11.5. The van der Waals surface area contributed by atoms with E-state index in [9.17, 15) is 22.8 Å². The van der Waals surface area contributed by atoms with Gasteiger partial charge in [0.25, 0.3) is 5.91 Å². The van der Waals surface area contributed by atoms with Crippen molar-refractivity contribution >= 4 is 45.0 Å². The van der Waals surface area contributed by atoms with Crippen LogP contribution in [-0.2, 0) is 19.6 Å². The Bertz CT molecular complexity index is 1310. The first kappa shape index (κ1) is 24.1. The van der Waals surface area contributed by atoms with E-state index < -0.39 is 28.5 Å². The molecule has 0 fully saturated rings. The van der Waals surface area contributed by atoms with Crippen LogP contribution in [-0.4, -0.2) is 39.7 Å². The predicted molar refractivity (Wildman–Crippen MR) is 123 cm³/mol. The number of hydrogen-bond acceptors (Lipinski definition) is 6. The number of anilines is 1. The van der Waals surface area contributed by atoms with Crippen molar-refractivity contribution in [2.24, 2.45) is 0 Å². The number of sulfonamides is 1. The van der Waals surface area contributed by atoms with Crippen LogP contribution in [0, 0.1) is 0 Å². The number of esters is 1. The molecule has 10 heteroatoms. The molecule has 1 amide bonds. The second kappa shape index (κ2) is 10.4. The van der Waals surface area contributed by atoms with Gasteiger partial charge in [-0.1, -0.05) is 48.0 Å². The lowest BCUT2D eigenvalue weighted by Gasteiger charge is -2.12. The number of carbonyl (C=O) groups excluding carboxylic acids is 3. The summed E-state index contributed by atoms with van der Waals surface area (Å²) in [5.74, 6) is -1.91. The third-order valence-corrected chi connectivity index (χ3v) is 6.17. The van der Waals surface area contributed by atoms with Gasteiger partial charge in [0.15, 0.2) is 12.4 Å². The molecule has 0 aliphatic carbocycles. The van der Waals surface area contributed by atoms with E-state index in [1.165, 1.54) is 43.4 Å². The van der Waals surface area contributed by atoms with Crippen molar-refractivity contribution in [1.29, 1.82) is 0 Å². The van der Waals surface area contributed by atoms with Crippen molar-refractivity contribution < 1.29 is 27.5 Å². The Labute approximate surface area is 195 Å². The van der Waals surface area contributed by atoms with Crippen molar-refractivity contribution in [3.05, 3.63) is 94.5 Å². The summed E-state index contributed by atoms with van der Waals surface area (Å²) >= 11 is 6.03. The molecule has 0 saturated heterocycles. The molecule has 33 heavy (non-hydrogen) atoms. The Morgan fingerprint density at radius 2 is 1.61 bits per heavy atom. The zero-order valence-electron chi connectivity index (χ0n) is 17.4. The molecule has 0 saturated carbocycles. The lowest BCUT2D eigenvalue weighted by molar-refractivity contribution is -0.119. The Morgan fingerprint density at radius 3 is 2.30 bits per heavy atom. The number of ether oxygens (including phenoxy) is 1. The fraction of sp³-hybridized carbons (Fsp3) is 0.0870. The monoisotopic (exact) mass is 486 g/mol. The van der Waals surface area contributed by atoms with Crippen LogP contribution in [0.1, 0.15) is 26.3 Å². The first-order valence-electron chi connectivity index (χ1n) is 9.61. The van der Waals surface area contributed by atoms with Gasteiger partial charge in [-0.25, -0.2) is 17.9 Å². The van der Waals surface area contributed by atoms with E-state index in [1.54, 1.807) is 30.3 Å². The molecule has 0 aromatic heterocycles. The van der Waals surface area contributed by atoms with Crippen molar-refractivity contribution in [3.63, 3.8) is 0 Å². The number of rotatable bonds is 8. The van der Waals surface area contributed by atoms with Crippen molar-refractivity contribution in [2.45, 2.75) is 4.90 Å². The predicted octanol–water partition coefficient (Wildman–Crippen LogP) is 3.27. The summed E-state index contributed by atoms with van der Waals surface area (Å²) in [6.07, 6.45) is 0. The number of halogens is 1. The Balaban J connectivity index is 1.70. The molecule has 0 atom stereocenters. The van der Waals surface area contributed by atoms with Gasteiger partial charge in [0.05, 0.1) is 16.1 Å². The van der Waals surface area contributed by atoms with Gasteiger partial charge in [-0.05, 0) is 43.4 Å². The highest BCUT2D eigenvalue weighted by Gasteiger charge is 2.18. The number of benzene rings is 3. The minimum absolute atomic E-state index is 0.0365. The van der Waals surface area contributed by atoms with E-state index in [-0.39, 0.29) is 27.5 Å². The average molecular weight is 487 g/mol. The number of carbonyl (C=O) groups is 3. The maximum Gasteiger partial charge on any atom is 0.338 e. The largest absolute Gasteiger partial charge is 0.452 e. The van der Waals surface area contributed by atoms with E-state index in [0.29, 0.717) is 10.6 Å². The van der Waals surface area contributed by atoms with Gasteiger partial charge in [-0.15, -0.1) is 0 Å². The van der Waals surface area contributed by atoms with Crippen LogP contribution < -0.4 is 10.0 Å². The Hall–Kier alpha value is -3.53. The Morgan fingerprint density at radius 1 is 0.909 bits per heavy atom. The second-order valence-electron chi connectivity index (χ2n) is 6.74. The van der Waals surface area contributed by atoms with Gasteiger partial charge in [0.1, 0.15) is 0 Å². The maximum absolute atomic E-state index is 12.8. The summed E-state index contributed by atoms with van der Waals surface area (Å²) in [6, 6.07) is 18.1. The van der Waals surface area contributed by atoms with Crippen LogP contribution in [0.15, 0.2) is 77.7 Å². The van der Waals surface area contributed by atoms with Crippen LogP contribution in [0.4, 0.5) is 5.69 Å². The summed E-state index contributed by atoms with van der Waals surface area (Å²) in [4.78, 5) is 37.4. The number of amides is 1. The fourth-order valence-corrected chi connectivity index (χ4v) is 3.81. The smallest absolute Gasteiger partial charge is 0.338 e. The minimum Gasteiger partial charge on any atom is -0.452 e. The van der Waals surface area contributed by atoms with Gasteiger partial charge in [-0.3, -0.25) is 9.59 Å². The van der Waals surface area contributed by atoms with Crippen LogP contribution in [0.25, 0.3) is 0 Å². The highest BCUT2D eigenvalue weighted by atomic mass is 35.5. The van der Waals surface area contributed by atoms with Gasteiger partial charge >= 0.3 is 5.97 Å². The van der Waals surface area contributed by atoms with E-state index >= 15 is 0 Å². The molecule has 2 N–H and O–H groups in total. The van der Waals surface area contributed by atoms with E-state index in [4.69, 9.17) is 16.3 Å². The van der Waals surface area contributed by atoms with E-state index in [1.807, 2.05) is 0 Å². The van der Waals surface area contributed by atoms with Gasteiger partial charge in [0, 0.05) is 16.1 Å². The normalized spacial score (nSPS) is 11.0. The van der Waals surface area contributed by atoms with Gasteiger partial charge in [-0.2, -0.15) is 0 Å². The number of hydrogen-bond donors (Lipinski definition) is 2. The molecule has 3 aromatic carbocycles. The molecule has 0 spiro atoms. The third-order valence-electron chi connectivity index (χ3n) is 4.52. The highest BCUT2D eigenvalue weighted by molar-refractivity contribution is 7.89. The van der Waals surface area contributed by atoms with Crippen LogP contribution in [0.5, 0.6) is 0 Å². The van der Waals surface area contributed by atoms with Crippen LogP contribution in [0.3, 0.4) is 0 Å². The second-order valence-corrected chi connectivity index (χ2v) is 9.07. The van der Waals surface area contributed by atoms with Crippen LogP contribution in [0.2, 0.25) is 5.02 Å². The lowest BCUT2D eigenvalue weighted by atomic mass is 10.0. The first-order chi connectivity index (χ1) is 15.7. The molecular weight excluding hydrogens is 468 g/mol. The molecule has 0 radical (unpaired) electrons. The number of nitrogens with one attached hydrogen (secondary N) is 2. The van der Waals surface area contributed by atoms with Crippen molar-refractivity contribution in [3.8, 4) is 0 Å². The Kier molecular flexibility index (Phi) is 7.59. The summed E-state index contributed by atoms with van der Waals surface area (Å²) in [6.45, 7) is -0.649. The minimum atomic E-state index is -3.75. The zero-order chi connectivity index (χ0) is 24.0. The van der Waals surface area contributed by atoms with Gasteiger partial charge in [0.2, 0.25) is 10.0 Å². The van der Waals surface area contributed by atoms with E-state index in [0.717, 1.165) is 6.07 Å². The molecule has 0 bridgehead atoms. The molecule has 3 aromatic rings. The topological polar surface area (TPSA) is 119 Å². The SMILES string of the molecule is CNS(=O)(=O)c1cccc(C(=O)OCC(=O)Nc2ccc(Cl)cc2C(=O)c2ccccc2)c1. The molecule has 8 nitrogen and oxygen atoms in total. The molecule has 0 aliphatic rings. The lowest BCUT2D eigenvalue weighted by Crippen LogP contribution is -2.22. The third kappa shape index (κ3) is 6.04. The zero-order valence-corrected chi connectivity index (χ0v) is 18.9. The molecule has 170 valence electrons. The molecule has 0 aliphatic heterocycles. The number of ketones is 1. The molecule has 3 rings (SSSR count). The summed E-state index contributed by atoms with van der Waals surface area (Å²) in [7, 11) is -2.50. The van der Waals surface area contributed by atoms with Crippen molar-refractivity contribution in [2.75, 3.05) is 19.0 Å². The molecule has 0 unspecified atom stereocenters. The summed E-state index contributed by atoms with van der Waals surface area (Å²) in [5, 5.41) is 2.85. The average Bonchev–Trinajstić information content (AvgIpc) is 2.83. The standard InChI is InChI=1S/C23H19ClN2O6S/c1-25-33(30,31)18-9-5-8-16(12-18)23(29)32-14-21(27)26-20-11-10-17(24)13-19(20)22(28)15-6-3-2-4-7-15/h2-13,25H,14H2,1H3,(H,26,27). The maximum atomic E-state index is 12.8. The van der Waals surface area contributed by atoms with Gasteiger partial charge < -0.3 is 10.1 Å².